The summed E-state index contributed by atoms with van der Waals surface area (Å²) < 4.78 is 20.9. The highest BCUT2D eigenvalue weighted by molar-refractivity contribution is 5.88. The topological polar surface area (TPSA) is 56.2 Å². The number of carbonyl (C=O) groups is 1. The molecule has 100 valence electrons. The third-order valence-corrected chi connectivity index (χ3v) is 3.20. The molecule has 1 aliphatic rings. The van der Waals surface area contributed by atoms with E-state index in [1.54, 1.807) is 6.07 Å². The Hall–Kier alpha value is -2.11. The lowest BCUT2D eigenvalue weighted by atomic mass is 10.1. The van der Waals surface area contributed by atoms with Crippen LogP contribution < -0.4 is 10.1 Å². The van der Waals surface area contributed by atoms with Crippen LogP contribution in [0.25, 0.3) is 10.9 Å². The molecular weight excluding hydrogens is 249 g/mol. The van der Waals surface area contributed by atoms with Gasteiger partial charge in [0.15, 0.2) is 11.6 Å². The summed E-state index contributed by atoms with van der Waals surface area (Å²) in [5.41, 5.74) is 1.70. The molecule has 6 heteroatoms. The van der Waals surface area contributed by atoms with Crippen molar-refractivity contribution in [1.82, 2.24) is 15.1 Å². The van der Waals surface area contributed by atoms with Gasteiger partial charge in [-0.3, -0.25) is 9.48 Å². The summed E-state index contributed by atoms with van der Waals surface area (Å²) in [6, 6.07) is 3.03. The first-order valence-corrected chi connectivity index (χ1v) is 6.22. The molecule has 19 heavy (non-hydrogen) atoms. The first-order chi connectivity index (χ1) is 9.16. The molecule has 0 saturated heterocycles. The van der Waals surface area contributed by atoms with Gasteiger partial charge in [-0.25, -0.2) is 4.39 Å². The van der Waals surface area contributed by atoms with Crippen LogP contribution in [0, 0.1) is 5.82 Å². The van der Waals surface area contributed by atoms with E-state index in [9.17, 15) is 9.18 Å². The second-order valence-electron chi connectivity index (χ2n) is 4.52. The molecule has 0 radical (unpaired) electrons. The molecule has 0 saturated carbocycles. The molecule has 0 unspecified atom stereocenters. The zero-order valence-electron chi connectivity index (χ0n) is 10.6. The predicted molar refractivity (Wildman–Crippen MR) is 67.6 cm³/mol. The van der Waals surface area contributed by atoms with Crippen LogP contribution in [-0.4, -0.2) is 28.8 Å². The average Bonchev–Trinajstić information content (AvgIpc) is 2.74. The van der Waals surface area contributed by atoms with Crippen LogP contribution in [0.3, 0.4) is 0 Å². The molecule has 5 nitrogen and oxygen atoms in total. The predicted octanol–water partition coefficient (Wildman–Crippen LogP) is 1.25. The number of benzene rings is 1. The van der Waals surface area contributed by atoms with E-state index < -0.39 is 0 Å². The Morgan fingerprint density at radius 3 is 3.21 bits per heavy atom. The second kappa shape index (κ2) is 4.53. The largest absolute Gasteiger partial charge is 0.489 e. The molecule has 0 spiro atoms. The van der Waals surface area contributed by atoms with Gasteiger partial charge in [0, 0.05) is 19.9 Å². The van der Waals surface area contributed by atoms with Crippen LogP contribution in [0.1, 0.15) is 12.6 Å². The highest BCUT2D eigenvalue weighted by Gasteiger charge is 2.22. The van der Waals surface area contributed by atoms with Crippen molar-refractivity contribution in [1.29, 1.82) is 0 Å². The summed E-state index contributed by atoms with van der Waals surface area (Å²) in [5, 5.41) is 7.93. The van der Waals surface area contributed by atoms with Gasteiger partial charge in [0.25, 0.3) is 0 Å². The number of halogens is 1. The number of amides is 1. The van der Waals surface area contributed by atoms with E-state index in [2.05, 4.69) is 10.4 Å². The van der Waals surface area contributed by atoms with Gasteiger partial charge >= 0.3 is 0 Å². The lowest BCUT2D eigenvalue weighted by molar-refractivity contribution is -0.118. The Bertz CT molecular complexity index is 651. The molecule has 0 fully saturated rings. The maximum absolute atomic E-state index is 13.7. The Balaban J connectivity index is 1.98. The van der Waals surface area contributed by atoms with Gasteiger partial charge in [0.05, 0.1) is 29.7 Å². The van der Waals surface area contributed by atoms with E-state index in [0.717, 1.165) is 16.6 Å². The van der Waals surface area contributed by atoms with Crippen LogP contribution in [0.4, 0.5) is 4.39 Å². The summed E-state index contributed by atoms with van der Waals surface area (Å²) in [4.78, 5) is 10.9. The van der Waals surface area contributed by atoms with Crippen LogP contribution in [-0.2, 0) is 17.8 Å². The van der Waals surface area contributed by atoms with Gasteiger partial charge in [-0.1, -0.05) is 0 Å². The number of rotatable bonds is 3. The highest BCUT2D eigenvalue weighted by Crippen LogP contribution is 2.34. The van der Waals surface area contributed by atoms with Crippen molar-refractivity contribution < 1.29 is 13.9 Å². The molecule has 1 aromatic carbocycles. The van der Waals surface area contributed by atoms with Gasteiger partial charge in [-0.15, -0.1) is 0 Å². The van der Waals surface area contributed by atoms with Gasteiger partial charge in [-0.2, -0.15) is 5.10 Å². The smallest absolute Gasteiger partial charge is 0.216 e. The van der Waals surface area contributed by atoms with Crippen molar-refractivity contribution in [3.63, 3.8) is 0 Å². The van der Waals surface area contributed by atoms with E-state index in [0.29, 0.717) is 31.9 Å². The molecule has 1 amide bonds. The van der Waals surface area contributed by atoms with Gasteiger partial charge < -0.3 is 10.1 Å². The Morgan fingerprint density at radius 1 is 1.58 bits per heavy atom. The number of hydrogen-bond acceptors (Lipinski definition) is 3. The summed E-state index contributed by atoms with van der Waals surface area (Å²) in [6.07, 6.45) is 0.701. The Morgan fingerprint density at radius 2 is 2.42 bits per heavy atom. The quantitative estimate of drug-likeness (QED) is 0.906. The maximum Gasteiger partial charge on any atom is 0.216 e. The van der Waals surface area contributed by atoms with Crippen molar-refractivity contribution in [2.24, 2.45) is 0 Å². The van der Waals surface area contributed by atoms with Crippen molar-refractivity contribution in [2.45, 2.75) is 19.9 Å². The van der Waals surface area contributed by atoms with E-state index >= 15 is 0 Å². The van der Waals surface area contributed by atoms with Crippen LogP contribution in [0.15, 0.2) is 12.1 Å². The summed E-state index contributed by atoms with van der Waals surface area (Å²) >= 11 is 0. The number of nitrogens with zero attached hydrogens (tertiary/aromatic N) is 2. The zero-order chi connectivity index (χ0) is 13.4. The van der Waals surface area contributed by atoms with Gasteiger partial charge in [0.2, 0.25) is 5.91 Å². The Kier molecular flexibility index (Phi) is 2.85. The molecule has 1 aliphatic heterocycles. The molecule has 0 atom stereocenters. The first kappa shape index (κ1) is 12.0. The lowest BCUT2D eigenvalue weighted by Gasteiger charge is -2.16. The SMILES string of the molecule is CC(=O)NCCn1nc2ccc(F)c3c2c1CCO3. The van der Waals surface area contributed by atoms with Gasteiger partial charge in [0.1, 0.15) is 0 Å². The van der Waals surface area contributed by atoms with E-state index in [4.69, 9.17) is 4.74 Å². The highest BCUT2D eigenvalue weighted by atomic mass is 19.1. The molecule has 1 N–H and O–H groups in total. The minimum atomic E-state index is -0.352. The third kappa shape index (κ3) is 2.03. The van der Waals surface area contributed by atoms with E-state index in [1.807, 2.05) is 4.68 Å². The number of aromatic nitrogens is 2. The standard InChI is InChI=1S/C13H14FN3O2/c1-8(18)15-5-6-17-11-4-7-19-13-9(14)2-3-10(16-17)12(11)13/h2-3H,4-7H2,1H3,(H,15,18). The molecular formula is C13H14FN3O2. The second-order valence-corrected chi connectivity index (χ2v) is 4.52. The minimum absolute atomic E-state index is 0.0691. The molecule has 1 aromatic heterocycles. The average molecular weight is 263 g/mol. The fraction of sp³-hybridized carbons (Fsp3) is 0.385. The molecule has 0 bridgehead atoms. The summed E-state index contributed by atoms with van der Waals surface area (Å²) in [7, 11) is 0. The number of nitrogens with one attached hydrogen (secondary N) is 1. The van der Waals surface area contributed by atoms with Crippen LogP contribution >= 0.6 is 0 Å². The van der Waals surface area contributed by atoms with Gasteiger partial charge in [-0.05, 0) is 12.1 Å². The molecule has 3 rings (SSSR count). The van der Waals surface area contributed by atoms with Crippen LogP contribution in [0.5, 0.6) is 5.75 Å². The van der Waals surface area contributed by atoms with E-state index in [1.165, 1.54) is 13.0 Å². The van der Waals surface area contributed by atoms with E-state index in [-0.39, 0.29) is 11.7 Å². The minimum Gasteiger partial charge on any atom is -0.489 e. The fourth-order valence-electron chi connectivity index (χ4n) is 2.40. The monoisotopic (exact) mass is 263 g/mol. The zero-order valence-corrected chi connectivity index (χ0v) is 10.6. The van der Waals surface area contributed by atoms with Crippen LogP contribution in [0.2, 0.25) is 0 Å². The first-order valence-electron chi connectivity index (χ1n) is 6.22. The van der Waals surface area contributed by atoms with Crippen molar-refractivity contribution in [2.75, 3.05) is 13.2 Å². The van der Waals surface area contributed by atoms with Crippen molar-refractivity contribution in [3.05, 3.63) is 23.6 Å². The normalized spacial score (nSPS) is 13.4. The van der Waals surface area contributed by atoms with Crippen molar-refractivity contribution in [3.8, 4) is 5.75 Å². The third-order valence-electron chi connectivity index (χ3n) is 3.20. The summed E-state index contributed by atoms with van der Waals surface area (Å²) in [6.45, 7) is 3.01. The lowest BCUT2D eigenvalue weighted by Crippen LogP contribution is -2.26. The Labute approximate surface area is 109 Å². The molecule has 2 aromatic rings. The summed E-state index contributed by atoms with van der Waals surface area (Å²) in [5.74, 6) is -0.125. The maximum atomic E-state index is 13.7. The number of carbonyl (C=O) groups excluding carboxylic acids is 1. The van der Waals surface area contributed by atoms with Crippen molar-refractivity contribution >= 4 is 16.8 Å². The molecule has 0 aliphatic carbocycles. The number of hydrogen-bond donors (Lipinski definition) is 1. The molecule has 2 heterocycles. The fourth-order valence-corrected chi connectivity index (χ4v) is 2.40. The number of ether oxygens (including phenoxy) is 1.